The Balaban J connectivity index is 2.08. The lowest BCUT2D eigenvalue weighted by atomic mass is 9.96. The third-order valence-electron chi connectivity index (χ3n) is 4.83. The molecule has 2 heterocycles. The Kier molecular flexibility index (Phi) is 7.30. The van der Waals surface area contributed by atoms with E-state index in [2.05, 4.69) is 4.98 Å². The Morgan fingerprint density at radius 2 is 2.06 bits per heavy atom. The van der Waals surface area contributed by atoms with E-state index in [1.165, 1.54) is 4.90 Å². The predicted molar refractivity (Wildman–Crippen MR) is 117 cm³/mol. The molecule has 0 saturated carbocycles. The van der Waals surface area contributed by atoms with Gasteiger partial charge in [0.2, 0.25) is 0 Å². The number of halogens is 1. The van der Waals surface area contributed by atoms with E-state index in [0.29, 0.717) is 28.5 Å². The van der Waals surface area contributed by atoms with Crippen LogP contribution in [-0.2, 0) is 14.3 Å². The molecule has 0 bridgehead atoms. The van der Waals surface area contributed by atoms with E-state index in [-0.39, 0.29) is 30.6 Å². The van der Waals surface area contributed by atoms with Gasteiger partial charge in [0.05, 0.1) is 36.0 Å². The number of aliphatic hydroxyl groups is 1. The van der Waals surface area contributed by atoms with E-state index in [0.717, 1.165) is 0 Å². The Morgan fingerprint density at radius 3 is 2.71 bits per heavy atom. The van der Waals surface area contributed by atoms with Crippen molar-refractivity contribution in [1.82, 2.24) is 9.88 Å². The number of hydrogen-bond acceptors (Lipinski definition) is 6. The molecule has 1 fully saturated rings. The highest BCUT2D eigenvalue weighted by Crippen LogP contribution is 2.40. The molecular formula is C23H25ClN2O5. The van der Waals surface area contributed by atoms with Gasteiger partial charge in [-0.2, -0.15) is 0 Å². The monoisotopic (exact) mass is 444 g/mol. The summed E-state index contributed by atoms with van der Waals surface area (Å²) in [6, 6.07) is 7.41. The maximum absolute atomic E-state index is 13.0. The highest BCUT2D eigenvalue weighted by molar-refractivity contribution is 6.46. The van der Waals surface area contributed by atoms with Crippen LogP contribution in [0, 0.1) is 0 Å². The molecule has 1 aromatic carbocycles. The van der Waals surface area contributed by atoms with Crippen LogP contribution in [-0.4, -0.2) is 52.5 Å². The number of likely N-dealkylation sites (tertiary alicyclic amines) is 1. The summed E-state index contributed by atoms with van der Waals surface area (Å²) in [5.74, 6) is -1.37. The number of aromatic nitrogens is 1. The molecule has 2 aromatic rings. The van der Waals surface area contributed by atoms with Crippen LogP contribution in [0.25, 0.3) is 5.76 Å². The molecule has 0 aliphatic carbocycles. The minimum atomic E-state index is -0.782. The number of rotatable bonds is 8. The minimum Gasteiger partial charge on any atom is -0.507 e. The van der Waals surface area contributed by atoms with Crippen LogP contribution in [0.4, 0.5) is 0 Å². The molecule has 1 N–H and O–H groups in total. The zero-order chi connectivity index (χ0) is 22.5. The number of amides is 1. The smallest absolute Gasteiger partial charge is 0.295 e. The quantitative estimate of drug-likeness (QED) is 0.376. The number of nitrogens with zero attached hydrogens (tertiary/aromatic N) is 2. The van der Waals surface area contributed by atoms with Crippen molar-refractivity contribution in [3.8, 4) is 5.75 Å². The molecule has 1 aliphatic rings. The minimum absolute atomic E-state index is 0.00711. The summed E-state index contributed by atoms with van der Waals surface area (Å²) in [6.07, 6.45) is 3.17. The van der Waals surface area contributed by atoms with Gasteiger partial charge < -0.3 is 19.5 Å². The second-order valence-electron chi connectivity index (χ2n) is 7.28. The standard InChI is InChI=1S/C23H25ClN2O5/c1-4-30-18-12-15(7-8-17(18)24)21(27)19-20(16-6-5-9-25-13-16)26(23(29)22(19)28)10-11-31-14(2)3/h5-9,12-14,20,27H,4,10-11H2,1-3H3/b21-19-. The van der Waals surface area contributed by atoms with Gasteiger partial charge in [-0.05, 0) is 50.6 Å². The highest BCUT2D eigenvalue weighted by Gasteiger charge is 2.46. The SMILES string of the molecule is CCOc1cc(/C(O)=C2/C(=O)C(=O)N(CCOC(C)C)C2c2cccnc2)ccc1Cl. The van der Waals surface area contributed by atoms with Crippen molar-refractivity contribution in [2.45, 2.75) is 32.9 Å². The lowest BCUT2D eigenvalue weighted by molar-refractivity contribution is -0.140. The van der Waals surface area contributed by atoms with Crippen molar-refractivity contribution in [2.24, 2.45) is 0 Å². The Labute approximate surface area is 186 Å². The van der Waals surface area contributed by atoms with Gasteiger partial charge in [-0.3, -0.25) is 14.6 Å². The molecule has 1 saturated heterocycles. The van der Waals surface area contributed by atoms with Crippen molar-refractivity contribution < 1.29 is 24.2 Å². The molecule has 0 radical (unpaired) electrons. The number of carbonyl (C=O) groups is 2. The van der Waals surface area contributed by atoms with E-state index in [9.17, 15) is 14.7 Å². The maximum Gasteiger partial charge on any atom is 0.295 e. The van der Waals surface area contributed by atoms with Crippen molar-refractivity contribution in [3.63, 3.8) is 0 Å². The molecule has 1 aromatic heterocycles. The molecule has 1 amide bonds. The molecule has 1 unspecified atom stereocenters. The predicted octanol–water partition coefficient (Wildman–Crippen LogP) is 3.98. The van der Waals surface area contributed by atoms with Gasteiger partial charge in [-0.15, -0.1) is 0 Å². The van der Waals surface area contributed by atoms with E-state index in [4.69, 9.17) is 21.1 Å². The number of Topliss-reactive ketones (excluding diaryl/α,β-unsaturated/α-hetero) is 1. The summed E-state index contributed by atoms with van der Waals surface area (Å²) in [5.41, 5.74) is 0.942. The number of ether oxygens (including phenoxy) is 2. The first-order chi connectivity index (χ1) is 14.8. The fraction of sp³-hybridized carbons (Fsp3) is 0.348. The van der Waals surface area contributed by atoms with Gasteiger partial charge in [0.15, 0.2) is 0 Å². The number of ketones is 1. The second-order valence-corrected chi connectivity index (χ2v) is 7.68. The van der Waals surface area contributed by atoms with Crippen molar-refractivity contribution in [1.29, 1.82) is 0 Å². The fourth-order valence-electron chi connectivity index (χ4n) is 3.45. The number of aliphatic hydroxyl groups excluding tert-OH is 1. The fourth-order valence-corrected chi connectivity index (χ4v) is 3.63. The molecule has 3 rings (SSSR count). The molecule has 1 aliphatic heterocycles. The summed E-state index contributed by atoms with van der Waals surface area (Å²) in [4.78, 5) is 31.3. The lowest BCUT2D eigenvalue weighted by Crippen LogP contribution is -2.33. The number of benzene rings is 1. The van der Waals surface area contributed by atoms with Crippen LogP contribution >= 0.6 is 11.6 Å². The highest BCUT2D eigenvalue weighted by atomic mass is 35.5. The van der Waals surface area contributed by atoms with Crippen LogP contribution in [0.2, 0.25) is 5.02 Å². The molecule has 0 spiro atoms. The largest absolute Gasteiger partial charge is 0.507 e. The van der Waals surface area contributed by atoms with Crippen LogP contribution in [0.3, 0.4) is 0 Å². The molecule has 164 valence electrons. The number of pyridine rings is 1. The first kappa shape index (κ1) is 22.8. The summed E-state index contributed by atoms with van der Waals surface area (Å²) in [7, 11) is 0. The topological polar surface area (TPSA) is 89.0 Å². The molecular weight excluding hydrogens is 420 g/mol. The van der Waals surface area contributed by atoms with Gasteiger partial charge in [-0.25, -0.2) is 0 Å². The second kappa shape index (κ2) is 9.94. The normalized spacial score (nSPS) is 18.1. The van der Waals surface area contributed by atoms with E-state index in [1.54, 1.807) is 42.7 Å². The Hall–Kier alpha value is -2.90. The molecule has 1 atom stereocenters. The summed E-state index contributed by atoms with van der Waals surface area (Å²) < 4.78 is 11.1. The Morgan fingerprint density at radius 1 is 1.29 bits per heavy atom. The number of hydrogen-bond donors (Lipinski definition) is 1. The molecule has 7 nitrogen and oxygen atoms in total. The third-order valence-corrected chi connectivity index (χ3v) is 5.14. The van der Waals surface area contributed by atoms with Crippen LogP contribution in [0.5, 0.6) is 5.75 Å². The zero-order valence-electron chi connectivity index (χ0n) is 17.7. The lowest BCUT2D eigenvalue weighted by Gasteiger charge is -2.25. The summed E-state index contributed by atoms with van der Waals surface area (Å²) >= 11 is 6.15. The number of carbonyl (C=O) groups excluding carboxylic acids is 2. The van der Waals surface area contributed by atoms with Crippen molar-refractivity contribution in [2.75, 3.05) is 19.8 Å². The van der Waals surface area contributed by atoms with Gasteiger partial charge >= 0.3 is 0 Å². The maximum atomic E-state index is 13.0. The van der Waals surface area contributed by atoms with Gasteiger partial charge in [0.25, 0.3) is 11.7 Å². The van der Waals surface area contributed by atoms with E-state index in [1.807, 2.05) is 20.8 Å². The van der Waals surface area contributed by atoms with E-state index < -0.39 is 17.7 Å². The van der Waals surface area contributed by atoms with Crippen LogP contribution < -0.4 is 4.74 Å². The van der Waals surface area contributed by atoms with Gasteiger partial charge in [0, 0.05) is 24.5 Å². The molecule has 31 heavy (non-hydrogen) atoms. The zero-order valence-corrected chi connectivity index (χ0v) is 18.4. The molecule has 8 heteroatoms. The van der Waals surface area contributed by atoms with Crippen molar-refractivity contribution >= 4 is 29.1 Å². The average molecular weight is 445 g/mol. The van der Waals surface area contributed by atoms with Crippen molar-refractivity contribution in [3.05, 3.63) is 64.4 Å². The first-order valence-corrected chi connectivity index (χ1v) is 10.5. The first-order valence-electron chi connectivity index (χ1n) is 10.1. The van der Waals surface area contributed by atoms with Crippen LogP contribution in [0.1, 0.15) is 37.9 Å². The average Bonchev–Trinajstić information content (AvgIpc) is 3.00. The van der Waals surface area contributed by atoms with Crippen LogP contribution in [0.15, 0.2) is 48.3 Å². The van der Waals surface area contributed by atoms with Gasteiger partial charge in [-0.1, -0.05) is 17.7 Å². The summed E-state index contributed by atoms with van der Waals surface area (Å²) in [5, 5.41) is 11.5. The third kappa shape index (κ3) is 4.89. The van der Waals surface area contributed by atoms with Gasteiger partial charge in [0.1, 0.15) is 11.5 Å². The summed E-state index contributed by atoms with van der Waals surface area (Å²) in [6.45, 7) is 6.45. The van der Waals surface area contributed by atoms with E-state index >= 15 is 0 Å². The Bertz CT molecular complexity index is 991.